The first-order chi connectivity index (χ1) is 9.09. The second-order valence-electron chi connectivity index (χ2n) is 4.81. The molecular formula is C11H21N3O4S. The number of piperazine rings is 1. The minimum atomic E-state index is -3.41. The van der Waals surface area contributed by atoms with Crippen molar-refractivity contribution in [2.75, 3.05) is 45.9 Å². The SMILES string of the molecule is O=C(CNS(=O)(=O)C1CCOCC1)N1CCNCC1. The molecule has 0 bridgehead atoms. The van der Waals surface area contributed by atoms with Gasteiger partial charge in [-0.1, -0.05) is 0 Å². The van der Waals surface area contributed by atoms with Crippen LogP contribution in [0.2, 0.25) is 0 Å². The van der Waals surface area contributed by atoms with Crippen molar-refractivity contribution in [3.8, 4) is 0 Å². The number of carbonyl (C=O) groups is 1. The van der Waals surface area contributed by atoms with Crippen LogP contribution in [0.25, 0.3) is 0 Å². The molecule has 8 heteroatoms. The predicted octanol–water partition coefficient (Wildman–Crippen LogP) is -1.48. The highest BCUT2D eigenvalue weighted by atomic mass is 32.2. The number of hydrogen-bond donors (Lipinski definition) is 2. The summed E-state index contributed by atoms with van der Waals surface area (Å²) in [6.07, 6.45) is 0.994. The highest BCUT2D eigenvalue weighted by Crippen LogP contribution is 2.14. The summed E-state index contributed by atoms with van der Waals surface area (Å²) in [6, 6.07) is 0. The van der Waals surface area contributed by atoms with Gasteiger partial charge in [-0.15, -0.1) is 0 Å². The van der Waals surface area contributed by atoms with Crippen LogP contribution in [-0.4, -0.2) is 70.4 Å². The summed E-state index contributed by atoms with van der Waals surface area (Å²) >= 11 is 0. The first kappa shape index (κ1) is 14.7. The van der Waals surface area contributed by atoms with Gasteiger partial charge in [-0.25, -0.2) is 13.1 Å². The molecule has 2 heterocycles. The van der Waals surface area contributed by atoms with Crippen molar-refractivity contribution >= 4 is 15.9 Å². The van der Waals surface area contributed by atoms with E-state index in [-0.39, 0.29) is 12.5 Å². The zero-order chi connectivity index (χ0) is 13.7. The highest BCUT2D eigenvalue weighted by Gasteiger charge is 2.28. The Labute approximate surface area is 113 Å². The molecule has 0 atom stereocenters. The lowest BCUT2D eigenvalue weighted by Gasteiger charge is -2.28. The van der Waals surface area contributed by atoms with Crippen molar-refractivity contribution in [3.05, 3.63) is 0 Å². The van der Waals surface area contributed by atoms with Gasteiger partial charge in [0.25, 0.3) is 0 Å². The molecule has 0 radical (unpaired) electrons. The van der Waals surface area contributed by atoms with Crippen molar-refractivity contribution in [3.63, 3.8) is 0 Å². The summed E-state index contributed by atoms with van der Waals surface area (Å²) in [5.74, 6) is -0.155. The van der Waals surface area contributed by atoms with Crippen molar-refractivity contribution in [1.82, 2.24) is 14.9 Å². The van der Waals surface area contributed by atoms with Gasteiger partial charge in [0, 0.05) is 39.4 Å². The number of sulfonamides is 1. The molecule has 0 aromatic rings. The third-order valence-corrected chi connectivity index (χ3v) is 5.40. The van der Waals surface area contributed by atoms with Crippen LogP contribution in [0, 0.1) is 0 Å². The van der Waals surface area contributed by atoms with Gasteiger partial charge in [0.2, 0.25) is 15.9 Å². The second kappa shape index (κ2) is 6.65. The summed E-state index contributed by atoms with van der Waals surface area (Å²) in [5.41, 5.74) is 0. The monoisotopic (exact) mass is 291 g/mol. The van der Waals surface area contributed by atoms with Crippen LogP contribution in [-0.2, 0) is 19.6 Å². The quantitative estimate of drug-likeness (QED) is 0.659. The van der Waals surface area contributed by atoms with E-state index in [4.69, 9.17) is 4.74 Å². The Morgan fingerprint density at radius 2 is 1.89 bits per heavy atom. The Morgan fingerprint density at radius 1 is 1.26 bits per heavy atom. The lowest BCUT2D eigenvalue weighted by atomic mass is 10.2. The van der Waals surface area contributed by atoms with Gasteiger partial charge < -0.3 is 15.0 Å². The lowest BCUT2D eigenvalue weighted by molar-refractivity contribution is -0.130. The maximum Gasteiger partial charge on any atom is 0.237 e. The zero-order valence-electron chi connectivity index (χ0n) is 10.9. The van der Waals surface area contributed by atoms with Gasteiger partial charge in [0.05, 0.1) is 11.8 Å². The number of ether oxygens (including phenoxy) is 1. The number of hydrogen-bond acceptors (Lipinski definition) is 5. The Balaban J connectivity index is 1.81. The second-order valence-corrected chi connectivity index (χ2v) is 6.85. The number of nitrogens with zero attached hydrogens (tertiary/aromatic N) is 1. The third kappa shape index (κ3) is 4.13. The molecule has 1 amide bonds. The van der Waals surface area contributed by atoms with Gasteiger partial charge in [0.1, 0.15) is 0 Å². The van der Waals surface area contributed by atoms with Crippen molar-refractivity contribution in [2.45, 2.75) is 18.1 Å². The summed E-state index contributed by atoms with van der Waals surface area (Å²) in [5, 5.41) is 2.71. The standard InChI is InChI=1S/C11H21N3O4S/c15-11(14-5-3-12-4-6-14)9-13-19(16,17)10-1-7-18-8-2-10/h10,12-13H,1-9H2. The molecule has 0 saturated carbocycles. The largest absolute Gasteiger partial charge is 0.381 e. The van der Waals surface area contributed by atoms with Gasteiger partial charge in [-0.3, -0.25) is 4.79 Å². The Hall–Kier alpha value is -0.700. The zero-order valence-corrected chi connectivity index (χ0v) is 11.7. The highest BCUT2D eigenvalue weighted by molar-refractivity contribution is 7.90. The molecule has 0 aliphatic carbocycles. The molecule has 2 aliphatic rings. The van der Waals surface area contributed by atoms with Crippen LogP contribution >= 0.6 is 0 Å². The van der Waals surface area contributed by atoms with E-state index < -0.39 is 15.3 Å². The van der Waals surface area contributed by atoms with Crippen LogP contribution in [0.4, 0.5) is 0 Å². The van der Waals surface area contributed by atoms with Gasteiger partial charge >= 0.3 is 0 Å². The van der Waals surface area contributed by atoms with Crippen molar-refractivity contribution in [1.29, 1.82) is 0 Å². The molecular weight excluding hydrogens is 270 g/mol. The fourth-order valence-corrected chi connectivity index (χ4v) is 3.67. The van der Waals surface area contributed by atoms with Gasteiger partial charge in [-0.2, -0.15) is 0 Å². The van der Waals surface area contributed by atoms with E-state index in [0.717, 1.165) is 13.1 Å². The van der Waals surface area contributed by atoms with E-state index in [1.165, 1.54) is 0 Å². The minimum Gasteiger partial charge on any atom is -0.381 e. The molecule has 2 fully saturated rings. The summed E-state index contributed by atoms with van der Waals surface area (Å²) in [6.45, 7) is 3.60. The first-order valence-corrected chi connectivity index (χ1v) is 8.19. The first-order valence-electron chi connectivity index (χ1n) is 6.64. The number of carbonyl (C=O) groups excluding carboxylic acids is 1. The molecule has 0 aromatic carbocycles. The third-order valence-electron chi connectivity index (χ3n) is 3.50. The Bertz CT molecular complexity index is 400. The normalized spacial score (nSPS) is 22.4. The van der Waals surface area contributed by atoms with Crippen LogP contribution in [0.5, 0.6) is 0 Å². The van der Waals surface area contributed by atoms with Crippen LogP contribution in [0.3, 0.4) is 0 Å². The predicted molar refractivity (Wildman–Crippen MR) is 70.2 cm³/mol. The smallest absolute Gasteiger partial charge is 0.237 e. The average molecular weight is 291 g/mol. The molecule has 2 saturated heterocycles. The number of amides is 1. The minimum absolute atomic E-state index is 0.139. The molecule has 0 aromatic heterocycles. The summed E-state index contributed by atoms with van der Waals surface area (Å²) in [4.78, 5) is 13.6. The molecule has 7 nitrogen and oxygen atoms in total. The van der Waals surface area contributed by atoms with E-state index in [2.05, 4.69) is 10.0 Å². The fraction of sp³-hybridized carbons (Fsp3) is 0.909. The average Bonchev–Trinajstić information content (AvgIpc) is 2.47. The molecule has 2 aliphatic heterocycles. The van der Waals surface area contributed by atoms with Crippen molar-refractivity contribution in [2.24, 2.45) is 0 Å². The number of rotatable bonds is 4. The topological polar surface area (TPSA) is 87.7 Å². The van der Waals surface area contributed by atoms with Crippen LogP contribution < -0.4 is 10.0 Å². The Morgan fingerprint density at radius 3 is 2.53 bits per heavy atom. The molecule has 0 unspecified atom stereocenters. The summed E-state index contributed by atoms with van der Waals surface area (Å²) < 4.78 is 31.6. The van der Waals surface area contributed by atoms with E-state index in [1.807, 2.05) is 0 Å². The van der Waals surface area contributed by atoms with Gasteiger partial charge in [-0.05, 0) is 12.8 Å². The van der Waals surface area contributed by atoms with E-state index >= 15 is 0 Å². The molecule has 0 spiro atoms. The van der Waals surface area contributed by atoms with E-state index in [0.29, 0.717) is 39.1 Å². The van der Waals surface area contributed by atoms with Crippen molar-refractivity contribution < 1.29 is 17.9 Å². The summed E-state index contributed by atoms with van der Waals surface area (Å²) in [7, 11) is -3.41. The molecule has 2 N–H and O–H groups in total. The maximum atomic E-state index is 12.0. The molecule has 110 valence electrons. The van der Waals surface area contributed by atoms with Gasteiger partial charge in [0.15, 0.2) is 0 Å². The Kier molecular flexibility index (Phi) is 5.14. The van der Waals surface area contributed by atoms with Crippen LogP contribution in [0.1, 0.15) is 12.8 Å². The van der Waals surface area contributed by atoms with E-state index in [9.17, 15) is 13.2 Å². The molecule has 2 rings (SSSR count). The molecule has 19 heavy (non-hydrogen) atoms. The maximum absolute atomic E-state index is 12.0. The lowest BCUT2D eigenvalue weighted by Crippen LogP contribution is -2.50. The van der Waals surface area contributed by atoms with Crippen LogP contribution in [0.15, 0.2) is 0 Å². The number of nitrogens with one attached hydrogen (secondary N) is 2. The van der Waals surface area contributed by atoms with E-state index in [1.54, 1.807) is 4.90 Å². The fourth-order valence-electron chi connectivity index (χ4n) is 2.29.